The van der Waals surface area contributed by atoms with Crippen LogP contribution in [0.2, 0.25) is 0 Å². The van der Waals surface area contributed by atoms with Gasteiger partial charge in [-0.1, -0.05) is 6.58 Å². The molecule has 0 aliphatic carbocycles. The molecule has 0 saturated carbocycles. The zero-order chi connectivity index (χ0) is 20.0. The molecule has 0 saturated heterocycles. The Kier molecular flexibility index (Phi) is 7.78. The molecule has 1 aromatic carbocycles. The fourth-order valence-corrected chi connectivity index (χ4v) is 2.89. The summed E-state index contributed by atoms with van der Waals surface area (Å²) in [6.45, 7) is 3.48. The van der Waals surface area contributed by atoms with Crippen LogP contribution in [0.25, 0.3) is 5.70 Å². The predicted molar refractivity (Wildman–Crippen MR) is 109 cm³/mol. The molecule has 2 aromatic rings. The number of aliphatic hydroxyl groups is 2. The maximum atomic E-state index is 14.3. The van der Waals surface area contributed by atoms with Gasteiger partial charge in [-0.25, -0.2) is 4.39 Å². The summed E-state index contributed by atoms with van der Waals surface area (Å²) in [5.74, 6) is -0.268. The van der Waals surface area contributed by atoms with Gasteiger partial charge < -0.3 is 20.1 Å². The van der Waals surface area contributed by atoms with E-state index in [9.17, 15) is 9.18 Å². The molecule has 0 aliphatic heterocycles. The molecule has 1 heterocycles. The highest BCUT2D eigenvalue weighted by atomic mass is 127. The van der Waals surface area contributed by atoms with Crippen LogP contribution >= 0.6 is 22.6 Å². The zero-order valence-corrected chi connectivity index (χ0v) is 16.9. The number of nitrogens with one attached hydrogen (secondary N) is 2. The van der Waals surface area contributed by atoms with Gasteiger partial charge in [0.15, 0.2) is 5.78 Å². The molecule has 0 aliphatic rings. The minimum Gasteiger partial charge on any atom is -0.396 e. The highest BCUT2D eigenvalue weighted by Gasteiger charge is 2.20. The first-order valence-electron chi connectivity index (χ1n) is 8.12. The monoisotopic (exact) mass is 489 g/mol. The van der Waals surface area contributed by atoms with E-state index in [1.54, 1.807) is 29.8 Å². The first-order chi connectivity index (χ1) is 12.9. The number of hydrogen-bond acceptors (Lipinski definition) is 6. The summed E-state index contributed by atoms with van der Waals surface area (Å²) in [7, 11) is 1.66. The largest absolute Gasteiger partial charge is 0.396 e. The lowest BCUT2D eigenvalue weighted by molar-refractivity contribution is 0.0482. The Balaban J connectivity index is 2.42. The van der Waals surface area contributed by atoms with E-state index >= 15 is 0 Å². The van der Waals surface area contributed by atoms with E-state index in [4.69, 9.17) is 15.1 Å². The number of aromatic nitrogens is 1. The average molecular weight is 489 g/mol. The highest BCUT2D eigenvalue weighted by Crippen LogP contribution is 2.30. The highest BCUT2D eigenvalue weighted by molar-refractivity contribution is 14.1. The number of rotatable bonds is 10. The standard InChI is InChI=1S/C18H21FIN3O4/c1-11(22-27-8-7-25)13-10-16(17(26)5-6-24)23(2)18(13)21-15-4-3-12(20)9-14(15)19/h3-4,9-10,21-22,24-25H,1,5-8H2,2H3. The lowest BCUT2D eigenvalue weighted by Gasteiger charge is -2.14. The summed E-state index contributed by atoms with van der Waals surface area (Å²) < 4.78 is 16.6. The van der Waals surface area contributed by atoms with E-state index in [1.807, 2.05) is 22.6 Å². The van der Waals surface area contributed by atoms with Gasteiger partial charge in [-0.15, -0.1) is 0 Å². The van der Waals surface area contributed by atoms with Crippen LogP contribution in [-0.4, -0.2) is 40.4 Å². The summed E-state index contributed by atoms with van der Waals surface area (Å²) in [6.07, 6.45) is -0.0322. The van der Waals surface area contributed by atoms with Gasteiger partial charge in [-0.05, 0) is 46.9 Å². The number of nitrogens with zero attached hydrogens (tertiary/aromatic N) is 1. The molecule has 0 unspecified atom stereocenters. The van der Waals surface area contributed by atoms with Crippen molar-refractivity contribution in [1.29, 1.82) is 0 Å². The van der Waals surface area contributed by atoms with Gasteiger partial charge in [0.25, 0.3) is 0 Å². The fraction of sp³-hybridized carbons (Fsp3) is 0.278. The first kappa shape index (κ1) is 21.4. The van der Waals surface area contributed by atoms with Crippen LogP contribution in [0.3, 0.4) is 0 Å². The number of carbonyl (C=O) groups excluding carboxylic acids is 1. The van der Waals surface area contributed by atoms with Crippen LogP contribution in [0.15, 0.2) is 30.8 Å². The molecule has 0 amide bonds. The van der Waals surface area contributed by atoms with Gasteiger partial charge in [0.05, 0.1) is 36.9 Å². The smallest absolute Gasteiger partial charge is 0.181 e. The number of aliphatic hydroxyl groups excluding tert-OH is 2. The second-order valence-corrected chi connectivity index (χ2v) is 6.90. The van der Waals surface area contributed by atoms with E-state index in [0.29, 0.717) is 22.8 Å². The van der Waals surface area contributed by atoms with Gasteiger partial charge in [-0.2, -0.15) is 0 Å². The van der Waals surface area contributed by atoms with Crippen molar-refractivity contribution in [2.75, 3.05) is 25.1 Å². The minimum atomic E-state index is -0.438. The molecular formula is C18H21FIN3O4. The van der Waals surface area contributed by atoms with E-state index in [1.165, 1.54) is 6.07 Å². The van der Waals surface area contributed by atoms with Crippen LogP contribution in [0.5, 0.6) is 0 Å². The second-order valence-electron chi connectivity index (χ2n) is 5.65. The van der Waals surface area contributed by atoms with E-state index < -0.39 is 5.82 Å². The molecule has 1 aromatic heterocycles. The Morgan fingerprint density at radius 1 is 1.33 bits per heavy atom. The average Bonchev–Trinajstić information content (AvgIpc) is 2.94. The molecule has 0 atom stereocenters. The van der Waals surface area contributed by atoms with Crippen LogP contribution in [-0.2, 0) is 11.9 Å². The lowest BCUT2D eigenvalue weighted by Crippen LogP contribution is -2.15. The van der Waals surface area contributed by atoms with Crippen molar-refractivity contribution < 1.29 is 24.2 Å². The lowest BCUT2D eigenvalue weighted by atomic mass is 10.2. The van der Waals surface area contributed by atoms with Crippen molar-refractivity contribution in [1.82, 2.24) is 10.0 Å². The van der Waals surface area contributed by atoms with Gasteiger partial charge in [0.2, 0.25) is 0 Å². The summed E-state index contributed by atoms with van der Waals surface area (Å²) >= 11 is 2.02. The number of hydroxylamine groups is 1. The SMILES string of the molecule is C=C(NOCCO)c1cc(C(=O)CCO)n(C)c1Nc1ccc(I)cc1F. The number of halogens is 2. The molecule has 0 spiro atoms. The second kappa shape index (κ2) is 9.83. The van der Waals surface area contributed by atoms with Crippen molar-refractivity contribution in [3.8, 4) is 0 Å². The molecule has 0 fully saturated rings. The predicted octanol–water partition coefficient (Wildman–Crippen LogP) is 2.56. The molecule has 27 heavy (non-hydrogen) atoms. The normalized spacial score (nSPS) is 10.7. The van der Waals surface area contributed by atoms with Gasteiger partial charge >= 0.3 is 0 Å². The van der Waals surface area contributed by atoms with Crippen molar-refractivity contribution in [2.24, 2.45) is 7.05 Å². The Morgan fingerprint density at radius 2 is 2.07 bits per heavy atom. The number of Topliss-reactive ketones (excluding diaryl/α,β-unsaturated/α-hetero) is 1. The van der Waals surface area contributed by atoms with E-state index in [2.05, 4.69) is 17.4 Å². The van der Waals surface area contributed by atoms with Crippen LogP contribution in [0, 0.1) is 9.39 Å². The van der Waals surface area contributed by atoms with Crippen LogP contribution < -0.4 is 10.8 Å². The Bertz CT molecular complexity index is 838. The van der Waals surface area contributed by atoms with Gasteiger partial charge in [0, 0.05) is 22.6 Å². The number of ketones is 1. The maximum absolute atomic E-state index is 14.3. The minimum absolute atomic E-state index is 0.0322. The molecule has 7 nitrogen and oxygen atoms in total. The summed E-state index contributed by atoms with van der Waals surface area (Å²) in [6, 6.07) is 6.33. The number of carbonyl (C=O) groups is 1. The summed E-state index contributed by atoms with van der Waals surface area (Å²) in [5.41, 5.74) is 3.99. The molecule has 2 rings (SSSR count). The van der Waals surface area contributed by atoms with Crippen molar-refractivity contribution in [3.05, 3.63) is 51.5 Å². The zero-order valence-electron chi connectivity index (χ0n) is 14.8. The van der Waals surface area contributed by atoms with Crippen molar-refractivity contribution >= 4 is 45.6 Å². The van der Waals surface area contributed by atoms with Crippen LogP contribution in [0.1, 0.15) is 22.5 Å². The van der Waals surface area contributed by atoms with Gasteiger partial charge in [-0.3, -0.25) is 15.1 Å². The topological polar surface area (TPSA) is 95.8 Å². The van der Waals surface area contributed by atoms with Crippen molar-refractivity contribution in [2.45, 2.75) is 6.42 Å². The maximum Gasteiger partial charge on any atom is 0.181 e. The molecule has 9 heteroatoms. The van der Waals surface area contributed by atoms with E-state index in [0.717, 1.165) is 3.57 Å². The van der Waals surface area contributed by atoms with E-state index in [-0.39, 0.29) is 37.7 Å². The summed E-state index contributed by atoms with van der Waals surface area (Å²) in [4.78, 5) is 17.3. The Hall–Kier alpha value is -1.95. The molecule has 0 radical (unpaired) electrons. The molecular weight excluding hydrogens is 468 g/mol. The fourth-order valence-electron chi connectivity index (χ4n) is 2.44. The quantitative estimate of drug-likeness (QED) is 0.177. The molecule has 4 N–H and O–H groups in total. The number of anilines is 2. The third-order valence-corrected chi connectivity index (χ3v) is 4.43. The Labute approximate surface area is 169 Å². The molecule has 146 valence electrons. The number of benzene rings is 1. The van der Waals surface area contributed by atoms with Crippen LogP contribution in [0.4, 0.5) is 15.9 Å². The molecule has 0 bridgehead atoms. The Morgan fingerprint density at radius 3 is 2.70 bits per heavy atom. The first-order valence-corrected chi connectivity index (χ1v) is 9.20. The number of hydrogen-bond donors (Lipinski definition) is 4. The van der Waals surface area contributed by atoms with Gasteiger partial charge in [0.1, 0.15) is 11.6 Å². The third-order valence-electron chi connectivity index (χ3n) is 3.76. The summed E-state index contributed by atoms with van der Waals surface area (Å²) in [5, 5.41) is 20.8. The van der Waals surface area contributed by atoms with Crippen molar-refractivity contribution in [3.63, 3.8) is 0 Å². The third kappa shape index (κ3) is 5.28.